The Hall–Kier alpha value is -4.33. The van der Waals surface area contributed by atoms with Gasteiger partial charge in [-0.05, 0) is 73.4 Å². The first kappa shape index (κ1) is 26.7. The summed E-state index contributed by atoms with van der Waals surface area (Å²) in [5.41, 5.74) is 1.22. The second-order valence-corrected chi connectivity index (χ2v) is 9.42. The number of nitrogens with one attached hydrogen (secondary N) is 1. The van der Waals surface area contributed by atoms with Crippen LogP contribution in [0.4, 0.5) is 5.69 Å². The van der Waals surface area contributed by atoms with E-state index >= 15 is 0 Å². The molecule has 0 radical (unpaired) electrons. The molecule has 2 N–H and O–H groups in total. The average molecular weight is 517 g/mol. The molecule has 8 heteroatoms. The van der Waals surface area contributed by atoms with E-state index in [9.17, 15) is 19.5 Å². The maximum atomic E-state index is 12.8. The predicted molar refractivity (Wildman–Crippen MR) is 144 cm³/mol. The van der Waals surface area contributed by atoms with Crippen LogP contribution in [0.2, 0.25) is 0 Å². The Kier molecular flexibility index (Phi) is 8.63. The van der Waals surface area contributed by atoms with E-state index in [4.69, 9.17) is 9.47 Å². The lowest BCUT2D eigenvalue weighted by Gasteiger charge is -2.32. The third kappa shape index (κ3) is 6.91. The van der Waals surface area contributed by atoms with Crippen molar-refractivity contribution in [1.29, 1.82) is 0 Å². The minimum absolute atomic E-state index is 0.0225. The third-order valence-electron chi connectivity index (χ3n) is 6.59. The van der Waals surface area contributed by atoms with Crippen molar-refractivity contribution in [2.45, 2.75) is 51.2 Å². The molecule has 3 aromatic rings. The summed E-state index contributed by atoms with van der Waals surface area (Å²) in [6.45, 7) is 1.53. The normalized spacial score (nSPS) is 16.8. The highest BCUT2D eigenvalue weighted by atomic mass is 16.5. The Labute approximate surface area is 222 Å². The quantitative estimate of drug-likeness (QED) is 0.405. The van der Waals surface area contributed by atoms with Gasteiger partial charge in [-0.1, -0.05) is 30.7 Å². The standard InChI is InChI=1S/C30H32N2O6/c1-20(33)31-26-8-4-6-10-28(26)38-24-17-15-23(16-18-24)37-22-13-11-21(12-14-22)19-29(34)32(2)27-9-5-3-7-25(27)30(35)36/h3,5,7,9,11-18,26,28H,4,6,8,10,19H2,1-2H3,(H,31,33)(H,35,36). The lowest BCUT2D eigenvalue weighted by atomic mass is 9.92. The van der Waals surface area contributed by atoms with Gasteiger partial charge in [-0.15, -0.1) is 0 Å². The van der Waals surface area contributed by atoms with Crippen molar-refractivity contribution in [2.75, 3.05) is 11.9 Å². The summed E-state index contributed by atoms with van der Waals surface area (Å²) in [6.07, 6.45) is 4.05. The van der Waals surface area contributed by atoms with Gasteiger partial charge in [-0.25, -0.2) is 4.79 Å². The van der Waals surface area contributed by atoms with Gasteiger partial charge in [0.1, 0.15) is 23.4 Å². The molecule has 38 heavy (non-hydrogen) atoms. The summed E-state index contributed by atoms with van der Waals surface area (Å²) < 4.78 is 12.1. The number of hydrogen-bond donors (Lipinski definition) is 2. The summed E-state index contributed by atoms with van der Waals surface area (Å²) >= 11 is 0. The molecule has 198 valence electrons. The molecule has 0 spiro atoms. The highest BCUT2D eigenvalue weighted by Crippen LogP contribution is 2.28. The lowest BCUT2D eigenvalue weighted by Crippen LogP contribution is -2.46. The van der Waals surface area contributed by atoms with Gasteiger partial charge in [0, 0.05) is 14.0 Å². The minimum atomic E-state index is -1.08. The van der Waals surface area contributed by atoms with Gasteiger partial charge in [0.15, 0.2) is 0 Å². The molecule has 0 heterocycles. The Morgan fingerprint density at radius 3 is 2.16 bits per heavy atom. The third-order valence-corrected chi connectivity index (χ3v) is 6.59. The van der Waals surface area contributed by atoms with Gasteiger partial charge in [0.05, 0.1) is 23.7 Å². The molecule has 1 fully saturated rings. The zero-order chi connectivity index (χ0) is 27.1. The zero-order valence-electron chi connectivity index (χ0n) is 21.6. The molecule has 2 unspecified atom stereocenters. The van der Waals surface area contributed by atoms with Gasteiger partial charge in [-0.3, -0.25) is 9.59 Å². The van der Waals surface area contributed by atoms with Crippen molar-refractivity contribution in [1.82, 2.24) is 5.32 Å². The molecule has 1 saturated carbocycles. The molecule has 0 bridgehead atoms. The van der Waals surface area contributed by atoms with Crippen LogP contribution < -0.4 is 19.7 Å². The summed E-state index contributed by atoms with van der Waals surface area (Å²) in [5, 5.41) is 12.4. The number of benzene rings is 3. The molecule has 0 aliphatic heterocycles. The molecule has 3 aromatic carbocycles. The fraction of sp³-hybridized carbons (Fsp3) is 0.300. The topological polar surface area (TPSA) is 105 Å². The first-order valence-corrected chi connectivity index (χ1v) is 12.7. The molecule has 8 nitrogen and oxygen atoms in total. The fourth-order valence-electron chi connectivity index (χ4n) is 4.61. The number of para-hydroxylation sites is 1. The average Bonchev–Trinajstić information content (AvgIpc) is 2.91. The Morgan fingerprint density at radius 1 is 0.895 bits per heavy atom. The van der Waals surface area contributed by atoms with E-state index in [0.717, 1.165) is 37.0 Å². The highest BCUT2D eigenvalue weighted by Gasteiger charge is 2.27. The number of likely N-dealkylation sites (N-methyl/N-ethyl adjacent to an activating group) is 1. The van der Waals surface area contributed by atoms with Gasteiger partial charge >= 0.3 is 5.97 Å². The first-order chi connectivity index (χ1) is 18.3. The Morgan fingerprint density at radius 2 is 1.50 bits per heavy atom. The van der Waals surface area contributed by atoms with Crippen LogP contribution >= 0.6 is 0 Å². The number of aromatic carboxylic acids is 1. The number of rotatable bonds is 9. The maximum absolute atomic E-state index is 12.8. The number of carboxylic acids is 1. The van der Waals surface area contributed by atoms with E-state index in [2.05, 4.69) is 5.32 Å². The second kappa shape index (κ2) is 12.3. The number of carboxylic acid groups (broad SMARTS) is 1. The fourth-order valence-corrected chi connectivity index (χ4v) is 4.61. The van der Waals surface area contributed by atoms with Crippen LogP contribution in [0.15, 0.2) is 72.8 Å². The number of amides is 2. The van der Waals surface area contributed by atoms with Crippen molar-refractivity contribution < 1.29 is 29.0 Å². The van der Waals surface area contributed by atoms with Crippen LogP contribution in [0, 0.1) is 0 Å². The van der Waals surface area contributed by atoms with E-state index in [1.54, 1.807) is 37.4 Å². The van der Waals surface area contributed by atoms with Gasteiger partial charge in [0.2, 0.25) is 11.8 Å². The van der Waals surface area contributed by atoms with Crippen molar-refractivity contribution in [3.8, 4) is 17.2 Å². The molecule has 1 aliphatic rings. The summed E-state index contributed by atoms with van der Waals surface area (Å²) in [4.78, 5) is 37.1. The van der Waals surface area contributed by atoms with Crippen LogP contribution in [0.25, 0.3) is 0 Å². The van der Waals surface area contributed by atoms with Crippen molar-refractivity contribution in [3.63, 3.8) is 0 Å². The van der Waals surface area contributed by atoms with E-state index in [1.165, 1.54) is 17.9 Å². The van der Waals surface area contributed by atoms with Gasteiger partial charge < -0.3 is 24.8 Å². The number of carbonyl (C=O) groups is 3. The molecule has 1 aliphatic carbocycles. The summed E-state index contributed by atoms with van der Waals surface area (Å²) in [6, 6.07) is 21.0. The largest absolute Gasteiger partial charge is 0.488 e. The van der Waals surface area contributed by atoms with E-state index < -0.39 is 5.97 Å². The van der Waals surface area contributed by atoms with E-state index in [1.807, 2.05) is 36.4 Å². The molecule has 2 atom stereocenters. The molecule has 0 saturated heterocycles. The zero-order valence-corrected chi connectivity index (χ0v) is 21.6. The molecule has 0 aromatic heterocycles. The Bertz CT molecular complexity index is 1270. The van der Waals surface area contributed by atoms with Crippen molar-refractivity contribution in [2.24, 2.45) is 0 Å². The molecule has 2 amide bonds. The maximum Gasteiger partial charge on any atom is 0.337 e. The Balaban J connectivity index is 1.33. The number of ether oxygens (including phenoxy) is 2. The van der Waals surface area contributed by atoms with Gasteiger partial charge in [0.25, 0.3) is 0 Å². The second-order valence-electron chi connectivity index (χ2n) is 9.42. The smallest absolute Gasteiger partial charge is 0.337 e. The number of nitrogens with zero attached hydrogens (tertiary/aromatic N) is 1. The van der Waals surface area contributed by atoms with Crippen LogP contribution in [0.3, 0.4) is 0 Å². The summed E-state index contributed by atoms with van der Waals surface area (Å²) in [7, 11) is 1.57. The van der Waals surface area contributed by atoms with Crippen molar-refractivity contribution in [3.05, 3.63) is 83.9 Å². The van der Waals surface area contributed by atoms with E-state index in [0.29, 0.717) is 17.2 Å². The predicted octanol–water partition coefficient (Wildman–Crippen LogP) is 5.21. The lowest BCUT2D eigenvalue weighted by molar-refractivity contribution is -0.120. The molecular formula is C30H32N2O6. The van der Waals surface area contributed by atoms with Crippen LogP contribution in [-0.4, -0.2) is 42.1 Å². The monoisotopic (exact) mass is 516 g/mol. The van der Waals surface area contributed by atoms with Crippen LogP contribution in [-0.2, 0) is 16.0 Å². The number of carbonyl (C=O) groups excluding carboxylic acids is 2. The van der Waals surface area contributed by atoms with Crippen molar-refractivity contribution >= 4 is 23.5 Å². The number of hydrogen-bond acceptors (Lipinski definition) is 5. The van der Waals surface area contributed by atoms with Crippen LogP contribution in [0.5, 0.6) is 17.2 Å². The SMILES string of the molecule is CC(=O)NC1CCCCC1Oc1ccc(Oc2ccc(CC(=O)N(C)c3ccccc3C(=O)O)cc2)cc1. The van der Waals surface area contributed by atoms with Gasteiger partial charge in [-0.2, -0.15) is 0 Å². The van der Waals surface area contributed by atoms with Crippen LogP contribution in [0.1, 0.15) is 48.5 Å². The highest BCUT2D eigenvalue weighted by molar-refractivity contribution is 6.02. The summed E-state index contributed by atoms with van der Waals surface area (Å²) in [5.74, 6) is 0.652. The molecular weight excluding hydrogens is 484 g/mol. The minimum Gasteiger partial charge on any atom is -0.488 e. The number of anilines is 1. The first-order valence-electron chi connectivity index (χ1n) is 12.7. The van der Waals surface area contributed by atoms with E-state index in [-0.39, 0.29) is 35.9 Å². The molecule has 4 rings (SSSR count).